The van der Waals surface area contributed by atoms with E-state index in [1.54, 1.807) is 19.4 Å². The second-order valence-corrected chi connectivity index (χ2v) is 3.40. The summed E-state index contributed by atoms with van der Waals surface area (Å²) in [5.41, 5.74) is 1.67. The lowest BCUT2D eigenvalue weighted by molar-refractivity contribution is 0.339. The van der Waals surface area contributed by atoms with E-state index in [0.717, 1.165) is 22.8 Å². The third-order valence-corrected chi connectivity index (χ3v) is 2.24. The molecule has 0 fully saturated rings. The maximum atomic E-state index is 5.39. The molecule has 0 saturated carbocycles. The van der Waals surface area contributed by atoms with Crippen molar-refractivity contribution >= 4 is 5.82 Å². The first kappa shape index (κ1) is 11.3. The summed E-state index contributed by atoms with van der Waals surface area (Å²) in [6.07, 6.45) is 3.42. The van der Waals surface area contributed by atoms with Crippen LogP contribution in [0.3, 0.4) is 0 Å². The maximum Gasteiger partial charge on any atom is 0.148 e. The Morgan fingerprint density at radius 1 is 1.24 bits per heavy atom. The largest absolute Gasteiger partial charge is 0.492 e. The number of rotatable bonds is 4. The SMILES string of the molecule is CCOc1cncc(-c2ccc(NC)nn2)c1. The molecule has 88 valence electrons. The van der Waals surface area contributed by atoms with Crippen LogP contribution in [0.25, 0.3) is 11.3 Å². The Balaban J connectivity index is 2.28. The van der Waals surface area contributed by atoms with Crippen molar-refractivity contribution in [3.8, 4) is 17.0 Å². The van der Waals surface area contributed by atoms with E-state index in [4.69, 9.17) is 4.74 Å². The Morgan fingerprint density at radius 2 is 2.12 bits per heavy atom. The molecule has 0 aliphatic rings. The van der Waals surface area contributed by atoms with Crippen LogP contribution in [0, 0.1) is 0 Å². The maximum absolute atomic E-state index is 5.39. The summed E-state index contributed by atoms with van der Waals surface area (Å²) in [4.78, 5) is 4.11. The topological polar surface area (TPSA) is 59.9 Å². The van der Waals surface area contributed by atoms with Crippen molar-refractivity contribution < 1.29 is 4.74 Å². The zero-order valence-electron chi connectivity index (χ0n) is 9.84. The molecule has 0 atom stereocenters. The van der Waals surface area contributed by atoms with Gasteiger partial charge in [0.2, 0.25) is 0 Å². The van der Waals surface area contributed by atoms with Crippen LogP contribution in [0.2, 0.25) is 0 Å². The van der Waals surface area contributed by atoms with E-state index in [1.165, 1.54) is 0 Å². The van der Waals surface area contributed by atoms with Gasteiger partial charge in [-0.25, -0.2) is 0 Å². The van der Waals surface area contributed by atoms with Gasteiger partial charge < -0.3 is 10.1 Å². The monoisotopic (exact) mass is 230 g/mol. The molecule has 0 aromatic carbocycles. The summed E-state index contributed by atoms with van der Waals surface area (Å²) < 4.78 is 5.39. The lowest BCUT2D eigenvalue weighted by Crippen LogP contribution is -1.96. The minimum atomic E-state index is 0.621. The van der Waals surface area contributed by atoms with Gasteiger partial charge in [0, 0.05) is 18.8 Å². The van der Waals surface area contributed by atoms with Gasteiger partial charge in [0.15, 0.2) is 0 Å². The third-order valence-electron chi connectivity index (χ3n) is 2.24. The van der Waals surface area contributed by atoms with E-state index >= 15 is 0 Å². The number of pyridine rings is 1. The number of nitrogens with zero attached hydrogens (tertiary/aromatic N) is 3. The van der Waals surface area contributed by atoms with Crippen LogP contribution < -0.4 is 10.1 Å². The van der Waals surface area contributed by atoms with Crippen LogP contribution in [-0.2, 0) is 0 Å². The molecule has 0 unspecified atom stereocenters. The van der Waals surface area contributed by atoms with Crippen LogP contribution in [0.15, 0.2) is 30.6 Å². The second kappa shape index (κ2) is 5.25. The summed E-state index contributed by atoms with van der Waals surface area (Å²) in [6.45, 7) is 2.56. The molecule has 1 N–H and O–H groups in total. The van der Waals surface area contributed by atoms with Gasteiger partial charge in [-0.3, -0.25) is 4.98 Å². The first-order valence-electron chi connectivity index (χ1n) is 5.43. The summed E-state index contributed by atoms with van der Waals surface area (Å²) in [6, 6.07) is 5.67. The number of ether oxygens (including phenoxy) is 1. The molecule has 5 heteroatoms. The molecule has 2 aromatic heterocycles. The molecule has 0 radical (unpaired) electrons. The predicted molar refractivity (Wildman–Crippen MR) is 66.0 cm³/mol. The van der Waals surface area contributed by atoms with E-state index < -0.39 is 0 Å². The Morgan fingerprint density at radius 3 is 2.76 bits per heavy atom. The highest BCUT2D eigenvalue weighted by Gasteiger charge is 2.03. The van der Waals surface area contributed by atoms with Crippen molar-refractivity contribution in [2.45, 2.75) is 6.92 Å². The van der Waals surface area contributed by atoms with Gasteiger partial charge >= 0.3 is 0 Å². The van der Waals surface area contributed by atoms with Crippen LogP contribution in [0.4, 0.5) is 5.82 Å². The van der Waals surface area contributed by atoms with Crippen molar-refractivity contribution in [1.82, 2.24) is 15.2 Å². The van der Waals surface area contributed by atoms with E-state index in [2.05, 4.69) is 20.5 Å². The van der Waals surface area contributed by atoms with Crippen molar-refractivity contribution in [2.75, 3.05) is 19.0 Å². The van der Waals surface area contributed by atoms with Crippen molar-refractivity contribution in [1.29, 1.82) is 0 Å². The molecular formula is C12H14N4O. The number of aromatic nitrogens is 3. The van der Waals surface area contributed by atoms with Crippen molar-refractivity contribution in [2.24, 2.45) is 0 Å². The molecule has 17 heavy (non-hydrogen) atoms. The average molecular weight is 230 g/mol. The Labute approximate surface area is 99.9 Å². The minimum Gasteiger partial charge on any atom is -0.492 e. The Kier molecular flexibility index (Phi) is 3.49. The van der Waals surface area contributed by atoms with Gasteiger partial charge in [0.1, 0.15) is 11.6 Å². The fourth-order valence-electron chi connectivity index (χ4n) is 1.42. The zero-order chi connectivity index (χ0) is 12.1. The highest BCUT2D eigenvalue weighted by atomic mass is 16.5. The Hall–Kier alpha value is -2.17. The summed E-state index contributed by atoms with van der Waals surface area (Å²) in [7, 11) is 1.81. The summed E-state index contributed by atoms with van der Waals surface area (Å²) in [5, 5.41) is 11.1. The van der Waals surface area contributed by atoms with Crippen LogP contribution in [-0.4, -0.2) is 28.8 Å². The fraction of sp³-hybridized carbons (Fsp3) is 0.250. The highest BCUT2D eigenvalue weighted by Crippen LogP contribution is 2.20. The van der Waals surface area contributed by atoms with Crippen LogP contribution in [0.5, 0.6) is 5.75 Å². The molecule has 2 aromatic rings. The molecule has 0 aliphatic carbocycles. The number of hydrogen-bond donors (Lipinski definition) is 1. The standard InChI is InChI=1S/C12H14N4O/c1-3-17-10-6-9(7-14-8-10)11-4-5-12(13-2)16-15-11/h4-8H,3H2,1-2H3,(H,13,16). The quantitative estimate of drug-likeness (QED) is 0.870. The van der Waals surface area contributed by atoms with Gasteiger partial charge in [-0.15, -0.1) is 10.2 Å². The van der Waals surface area contributed by atoms with E-state index in [0.29, 0.717) is 6.61 Å². The average Bonchev–Trinajstić information content (AvgIpc) is 2.40. The molecular weight excluding hydrogens is 216 g/mol. The normalized spacial score (nSPS) is 10.0. The molecule has 2 heterocycles. The first-order valence-corrected chi connectivity index (χ1v) is 5.43. The third kappa shape index (κ3) is 2.69. The summed E-state index contributed by atoms with van der Waals surface area (Å²) >= 11 is 0. The molecule has 0 bridgehead atoms. The van der Waals surface area contributed by atoms with Gasteiger partial charge in [-0.1, -0.05) is 0 Å². The van der Waals surface area contributed by atoms with Crippen LogP contribution >= 0.6 is 0 Å². The molecule has 0 amide bonds. The predicted octanol–water partition coefficient (Wildman–Crippen LogP) is 1.98. The lowest BCUT2D eigenvalue weighted by Gasteiger charge is -2.05. The Bertz CT molecular complexity index is 484. The molecule has 0 saturated heterocycles. The van der Waals surface area contributed by atoms with Gasteiger partial charge in [-0.05, 0) is 25.1 Å². The fourth-order valence-corrected chi connectivity index (χ4v) is 1.42. The number of nitrogens with one attached hydrogen (secondary N) is 1. The molecule has 0 spiro atoms. The summed E-state index contributed by atoms with van der Waals surface area (Å²) in [5.74, 6) is 1.48. The lowest BCUT2D eigenvalue weighted by atomic mass is 10.2. The number of hydrogen-bond acceptors (Lipinski definition) is 5. The molecule has 2 rings (SSSR count). The molecule has 0 aliphatic heterocycles. The minimum absolute atomic E-state index is 0.621. The number of anilines is 1. The molecule has 5 nitrogen and oxygen atoms in total. The zero-order valence-corrected chi connectivity index (χ0v) is 9.84. The second-order valence-electron chi connectivity index (χ2n) is 3.40. The van der Waals surface area contributed by atoms with Gasteiger partial charge in [-0.2, -0.15) is 0 Å². The van der Waals surface area contributed by atoms with Crippen molar-refractivity contribution in [3.63, 3.8) is 0 Å². The van der Waals surface area contributed by atoms with Gasteiger partial charge in [0.05, 0.1) is 18.5 Å². The van der Waals surface area contributed by atoms with E-state index in [9.17, 15) is 0 Å². The van der Waals surface area contributed by atoms with Crippen molar-refractivity contribution in [3.05, 3.63) is 30.6 Å². The van der Waals surface area contributed by atoms with E-state index in [1.807, 2.05) is 25.1 Å². The van der Waals surface area contributed by atoms with E-state index in [-0.39, 0.29) is 0 Å². The highest BCUT2D eigenvalue weighted by molar-refractivity contribution is 5.60. The van der Waals surface area contributed by atoms with Crippen LogP contribution in [0.1, 0.15) is 6.92 Å². The first-order chi connectivity index (χ1) is 8.33. The van der Waals surface area contributed by atoms with Gasteiger partial charge in [0.25, 0.3) is 0 Å². The smallest absolute Gasteiger partial charge is 0.148 e.